The van der Waals surface area contributed by atoms with E-state index in [-0.39, 0.29) is 11.7 Å². The van der Waals surface area contributed by atoms with E-state index in [4.69, 9.17) is 10.9 Å². The van der Waals surface area contributed by atoms with Gasteiger partial charge in [0.25, 0.3) is 0 Å². The molecule has 1 aromatic heterocycles. The lowest BCUT2D eigenvalue weighted by Gasteiger charge is -2.30. The maximum atomic E-state index is 12.8. The maximum absolute atomic E-state index is 12.8. The summed E-state index contributed by atoms with van der Waals surface area (Å²) in [5, 5.41) is 15.0. The number of oxime groups is 1. The van der Waals surface area contributed by atoms with E-state index in [2.05, 4.69) is 15.5 Å². The van der Waals surface area contributed by atoms with Crippen LogP contribution in [0.3, 0.4) is 0 Å². The number of pyridine rings is 1. The molecule has 0 unspecified atom stereocenters. The lowest BCUT2D eigenvalue weighted by Crippen LogP contribution is -2.47. The van der Waals surface area contributed by atoms with Crippen molar-refractivity contribution >= 4 is 17.4 Å². The summed E-state index contributed by atoms with van der Waals surface area (Å²) < 4.78 is 0. The number of aromatic nitrogens is 1. The van der Waals surface area contributed by atoms with E-state index in [1.54, 1.807) is 12.4 Å². The van der Waals surface area contributed by atoms with Crippen molar-refractivity contribution in [3.05, 3.63) is 24.0 Å². The molecular weight excluding hydrogens is 268 g/mol. The molecule has 1 heterocycles. The van der Waals surface area contributed by atoms with E-state index in [9.17, 15) is 4.79 Å². The second-order valence-corrected chi connectivity index (χ2v) is 5.21. The van der Waals surface area contributed by atoms with Crippen molar-refractivity contribution in [3.8, 4) is 0 Å². The topological polar surface area (TPSA) is 101 Å². The number of aryl methyl sites for hydroxylation is 1. The Kier molecular flexibility index (Phi) is 6.14. The molecule has 1 rings (SSSR count). The average Bonchev–Trinajstić information content (AvgIpc) is 2.48. The van der Waals surface area contributed by atoms with Crippen molar-refractivity contribution in [2.75, 3.05) is 5.32 Å². The van der Waals surface area contributed by atoms with Crippen LogP contribution in [0.5, 0.6) is 0 Å². The van der Waals surface area contributed by atoms with Crippen LogP contribution < -0.4 is 11.1 Å². The molecule has 6 heteroatoms. The Hall–Kier alpha value is -2.11. The third-order valence-corrected chi connectivity index (χ3v) is 3.67. The molecule has 1 aromatic rings. The van der Waals surface area contributed by atoms with Crippen molar-refractivity contribution < 1.29 is 10.0 Å². The SMILES string of the molecule is CCCC(CCC)(C(=O)Nc1cnccc1C)C(N)=NO. The monoisotopic (exact) mass is 292 g/mol. The smallest absolute Gasteiger partial charge is 0.238 e. The summed E-state index contributed by atoms with van der Waals surface area (Å²) in [6, 6.07) is 1.82. The standard InChI is InChI=1S/C15H24N4O2/c1-4-7-15(8-5-2,13(16)19-21)14(20)18-12-10-17-9-6-11(12)3/h6,9-10,21H,4-5,7-8H2,1-3H3,(H2,16,19)(H,18,20). The summed E-state index contributed by atoms with van der Waals surface area (Å²) in [4.78, 5) is 16.8. The quantitative estimate of drug-likeness (QED) is 0.311. The Balaban J connectivity index is 3.13. The van der Waals surface area contributed by atoms with E-state index < -0.39 is 5.41 Å². The minimum absolute atomic E-state index is 0.0368. The van der Waals surface area contributed by atoms with E-state index in [1.165, 1.54) is 0 Å². The predicted octanol–water partition coefficient (Wildman–Crippen LogP) is 2.66. The number of nitrogens with one attached hydrogen (secondary N) is 1. The van der Waals surface area contributed by atoms with E-state index in [0.717, 1.165) is 18.4 Å². The van der Waals surface area contributed by atoms with Crippen molar-refractivity contribution in [2.24, 2.45) is 16.3 Å². The summed E-state index contributed by atoms with van der Waals surface area (Å²) in [5.74, 6) is -0.289. The average molecular weight is 292 g/mol. The van der Waals surface area contributed by atoms with Crippen molar-refractivity contribution in [1.29, 1.82) is 0 Å². The third-order valence-electron chi connectivity index (χ3n) is 3.67. The van der Waals surface area contributed by atoms with Crippen LogP contribution in [0.25, 0.3) is 0 Å². The molecule has 0 radical (unpaired) electrons. The number of amides is 1. The van der Waals surface area contributed by atoms with Gasteiger partial charge in [0.05, 0.1) is 11.9 Å². The summed E-state index contributed by atoms with van der Waals surface area (Å²) in [5.41, 5.74) is 6.41. The molecule has 0 bridgehead atoms. The first-order chi connectivity index (χ1) is 10.0. The van der Waals surface area contributed by atoms with E-state index >= 15 is 0 Å². The maximum Gasteiger partial charge on any atom is 0.238 e. The first-order valence-electron chi connectivity index (χ1n) is 7.21. The molecule has 6 nitrogen and oxygen atoms in total. The normalized spacial score (nSPS) is 12.2. The van der Waals surface area contributed by atoms with Gasteiger partial charge in [-0.2, -0.15) is 0 Å². The van der Waals surface area contributed by atoms with Crippen LogP contribution in [0.15, 0.2) is 23.6 Å². The molecule has 4 N–H and O–H groups in total. The molecule has 0 spiro atoms. The Morgan fingerprint density at radius 2 is 2.05 bits per heavy atom. The van der Waals surface area contributed by atoms with Gasteiger partial charge in [-0.25, -0.2) is 0 Å². The summed E-state index contributed by atoms with van der Waals surface area (Å²) in [6.45, 7) is 5.83. The van der Waals surface area contributed by atoms with Gasteiger partial charge in [-0.1, -0.05) is 31.8 Å². The minimum atomic E-state index is -0.986. The van der Waals surface area contributed by atoms with Crippen LogP contribution in [0.1, 0.15) is 45.1 Å². The summed E-state index contributed by atoms with van der Waals surface area (Å²) in [7, 11) is 0. The highest BCUT2D eigenvalue weighted by Crippen LogP contribution is 2.32. The number of nitrogens with zero attached hydrogens (tertiary/aromatic N) is 2. The number of hydrogen-bond acceptors (Lipinski definition) is 4. The molecule has 0 fully saturated rings. The Bertz CT molecular complexity index is 508. The number of carbonyl (C=O) groups excluding carboxylic acids is 1. The van der Waals surface area contributed by atoms with Crippen molar-refractivity contribution in [3.63, 3.8) is 0 Å². The fourth-order valence-corrected chi connectivity index (χ4v) is 2.51. The van der Waals surface area contributed by atoms with Crippen LogP contribution in [0.4, 0.5) is 5.69 Å². The van der Waals surface area contributed by atoms with Gasteiger partial charge in [-0.05, 0) is 31.4 Å². The lowest BCUT2D eigenvalue weighted by atomic mass is 9.77. The summed E-state index contributed by atoms with van der Waals surface area (Å²) >= 11 is 0. The minimum Gasteiger partial charge on any atom is -0.409 e. The number of anilines is 1. The first-order valence-corrected chi connectivity index (χ1v) is 7.21. The van der Waals surface area contributed by atoms with Gasteiger partial charge in [-0.3, -0.25) is 9.78 Å². The second-order valence-electron chi connectivity index (χ2n) is 5.21. The summed E-state index contributed by atoms with van der Waals surface area (Å²) in [6.07, 6.45) is 5.84. The van der Waals surface area contributed by atoms with Gasteiger partial charge in [0.2, 0.25) is 5.91 Å². The van der Waals surface area contributed by atoms with Gasteiger partial charge in [-0.15, -0.1) is 0 Å². The molecule has 0 aliphatic rings. The van der Waals surface area contributed by atoms with Gasteiger partial charge in [0, 0.05) is 6.20 Å². The predicted molar refractivity (Wildman–Crippen MR) is 83.3 cm³/mol. The highest BCUT2D eigenvalue weighted by Gasteiger charge is 2.41. The zero-order valence-electron chi connectivity index (χ0n) is 12.9. The zero-order chi connectivity index (χ0) is 15.9. The highest BCUT2D eigenvalue weighted by atomic mass is 16.4. The first kappa shape index (κ1) is 16.9. The molecule has 0 saturated heterocycles. The Morgan fingerprint density at radius 3 is 2.52 bits per heavy atom. The molecule has 0 saturated carbocycles. The zero-order valence-corrected chi connectivity index (χ0v) is 12.9. The second kappa shape index (κ2) is 7.61. The lowest BCUT2D eigenvalue weighted by molar-refractivity contribution is -0.123. The third kappa shape index (κ3) is 3.71. The Labute approximate surface area is 125 Å². The number of rotatable bonds is 7. The highest BCUT2D eigenvalue weighted by molar-refractivity contribution is 6.12. The Morgan fingerprint density at radius 1 is 1.43 bits per heavy atom. The van der Waals surface area contributed by atoms with E-state index in [0.29, 0.717) is 18.5 Å². The van der Waals surface area contributed by atoms with E-state index in [1.807, 2.05) is 26.8 Å². The molecule has 0 aromatic carbocycles. The van der Waals surface area contributed by atoms with Gasteiger partial charge >= 0.3 is 0 Å². The molecule has 1 amide bonds. The van der Waals surface area contributed by atoms with Gasteiger partial charge in [0.15, 0.2) is 5.84 Å². The molecule has 21 heavy (non-hydrogen) atoms. The van der Waals surface area contributed by atoms with Crippen LogP contribution in [0, 0.1) is 12.3 Å². The molecule has 116 valence electrons. The van der Waals surface area contributed by atoms with Crippen LogP contribution in [-0.4, -0.2) is 21.9 Å². The molecule has 0 atom stereocenters. The van der Waals surface area contributed by atoms with Crippen LogP contribution >= 0.6 is 0 Å². The molecular formula is C15H24N4O2. The van der Waals surface area contributed by atoms with Crippen LogP contribution in [-0.2, 0) is 4.79 Å². The van der Waals surface area contributed by atoms with Crippen molar-refractivity contribution in [1.82, 2.24) is 4.98 Å². The largest absolute Gasteiger partial charge is 0.409 e. The van der Waals surface area contributed by atoms with Gasteiger partial charge in [0.1, 0.15) is 5.41 Å². The number of carbonyl (C=O) groups is 1. The number of nitrogens with two attached hydrogens (primary N) is 1. The molecule has 0 aliphatic carbocycles. The van der Waals surface area contributed by atoms with Crippen molar-refractivity contribution in [2.45, 2.75) is 46.5 Å². The van der Waals surface area contributed by atoms with Crippen LogP contribution in [0.2, 0.25) is 0 Å². The number of hydrogen-bond donors (Lipinski definition) is 3. The number of amidine groups is 1. The van der Waals surface area contributed by atoms with Gasteiger partial charge < -0.3 is 16.3 Å². The fourth-order valence-electron chi connectivity index (χ4n) is 2.51. The fraction of sp³-hybridized carbons (Fsp3) is 0.533. The molecule has 0 aliphatic heterocycles.